The molecule has 0 bridgehead atoms. The number of nitrogens with zero attached hydrogens (tertiary/aromatic N) is 2. The predicted molar refractivity (Wildman–Crippen MR) is 68.3 cm³/mol. The van der Waals surface area contributed by atoms with E-state index in [9.17, 15) is 4.79 Å². The summed E-state index contributed by atoms with van der Waals surface area (Å²) in [5.74, 6) is 0.309. The van der Waals surface area contributed by atoms with E-state index >= 15 is 0 Å². The average Bonchev–Trinajstić information content (AvgIpc) is 2.69. The summed E-state index contributed by atoms with van der Waals surface area (Å²) in [6.07, 6.45) is 4.75. The largest absolute Gasteiger partial charge is 0.355 e. The molecule has 0 atom stereocenters. The van der Waals surface area contributed by atoms with Gasteiger partial charge in [-0.1, -0.05) is 6.07 Å². The van der Waals surface area contributed by atoms with Gasteiger partial charge in [0.15, 0.2) is 0 Å². The third-order valence-electron chi connectivity index (χ3n) is 3.25. The maximum Gasteiger partial charge on any atom is 0.225 e. The number of carbonyl (C=O) groups excluding carboxylic acids is 1. The number of aromatic nitrogens is 2. The highest BCUT2D eigenvalue weighted by Crippen LogP contribution is 2.05. The van der Waals surface area contributed by atoms with Crippen LogP contribution in [0.4, 0.5) is 0 Å². The minimum Gasteiger partial charge on any atom is -0.355 e. The fourth-order valence-electron chi connectivity index (χ4n) is 2.04. The van der Waals surface area contributed by atoms with E-state index in [-0.39, 0.29) is 11.8 Å². The van der Waals surface area contributed by atoms with Crippen molar-refractivity contribution < 1.29 is 4.79 Å². The number of pyridine rings is 1. The average molecular weight is 244 g/mol. The summed E-state index contributed by atoms with van der Waals surface area (Å²) < 4.78 is 1.99. The summed E-state index contributed by atoms with van der Waals surface area (Å²) in [7, 11) is 0. The number of nitrogens with one attached hydrogen (secondary N) is 2. The molecule has 1 aliphatic rings. The zero-order valence-electron chi connectivity index (χ0n) is 10.1. The molecule has 1 aliphatic heterocycles. The van der Waals surface area contributed by atoms with Gasteiger partial charge in [0, 0.05) is 38.4 Å². The Bertz CT molecular complexity index is 526. The van der Waals surface area contributed by atoms with Crippen molar-refractivity contribution in [3.05, 3.63) is 36.3 Å². The van der Waals surface area contributed by atoms with Gasteiger partial charge in [-0.25, -0.2) is 4.98 Å². The molecule has 2 N–H and O–H groups in total. The lowest BCUT2D eigenvalue weighted by Crippen LogP contribution is -2.51. The Hall–Kier alpha value is -1.88. The predicted octanol–water partition coefficient (Wildman–Crippen LogP) is 0.212. The van der Waals surface area contributed by atoms with E-state index in [4.69, 9.17) is 0 Å². The standard InChI is InChI=1S/C13H16N4O/c18-13(10-7-14-8-10)15-5-4-11-9-17-6-2-1-3-12(17)16-11/h1-3,6,9-10,14H,4-5,7-8H2,(H,15,18). The van der Waals surface area contributed by atoms with Gasteiger partial charge in [-0.3, -0.25) is 4.79 Å². The molecule has 1 saturated heterocycles. The maximum atomic E-state index is 11.6. The lowest BCUT2D eigenvalue weighted by molar-refractivity contribution is -0.126. The van der Waals surface area contributed by atoms with Crippen LogP contribution in [0.5, 0.6) is 0 Å². The van der Waals surface area contributed by atoms with Crippen molar-refractivity contribution in [2.24, 2.45) is 5.92 Å². The zero-order chi connectivity index (χ0) is 12.4. The van der Waals surface area contributed by atoms with Crippen LogP contribution in [0.15, 0.2) is 30.6 Å². The summed E-state index contributed by atoms with van der Waals surface area (Å²) in [5, 5.41) is 6.04. The smallest absolute Gasteiger partial charge is 0.225 e. The fourth-order valence-corrected chi connectivity index (χ4v) is 2.04. The van der Waals surface area contributed by atoms with Gasteiger partial charge >= 0.3 is 0 Å². The third-order valence-corrected chi connectivity index (χ3v) is 3.25. The molecule has 1 amide bonds. The SMILES string of the molecule is O=C(NCCc1cn2ccccc2n1)C1CNC1. The Balaban J connectivity index is 1.54. The molecule has 2 aromatic heterocycles. The topological polar surface area (TPSA) is 58.4 Å². The second-order valence-electron chi connectivity index (χ2n) is 4.59. The highest BCUT2D eigenvalue weighted by atomic mass is 16.2. The quantitative estimate of drug-likeness (QED) is 0.808. The van der Waals surface area contributed by atoms with Crippen LogP contribution in [-0.2, 0) is 11.2 Å². The fraction of sp³-hybridized carbons (Fsp3) is 0.385. The summed E-state index contributed by atoms with van der Waals surface area (Å²) in [4.78, 5) is 16.1. The van der Waals surface area contributed by atoms with Gasteiger partial charge in [0.2, 0.25) is 5.91 Å². The van der Waals surface area contributed by atoms with Gasteiger partial charge < -0.3 is 15.0 Å². The van der Waals surface area contributed by atoms with Crippen molar-refractivity contribution in [3.8, 4) is 0 Å². The maximum absolute atomic E-state index is 11.6. The number of fused-ring (bicyclic) bond motifs is 1. The third kappa shape index (κ3) is 2.22. The first-order valence-corrected chi connectivity index (χ1v) is 6.24. The highest BCUT2D eigenvalue weighted by molar-refractivity contribution is 5.79. The number of carbonyl (C=O) groups is 1. The van der Waals surface area contributed by atoms with Gasteiger partial charge in [0.1, 0.15) is 5.65 Å². The second-order valence-corrected chi connectivity index (χ2v) is 4.59. The van der Waals surface area contributed by atoms with Crippen molar-refractivity contribution in [1.82, 2.24) is 20.0 Å². The molecular formula is C13H16N4O. The van der Waals surface area contributed by atoms with Crippen molar-refractivity contribution in [2.75, 3.05) is 19.6 Å². The Kier molecular flexibility index (Phi) is 2.98. The van der Waals surface area contributed by atoms with Crippen LogP contribution in [0.25, 0.3) is 5.65 Å². The first kappa shape index (κ1) is 11.2. The number of imidazole rings is 1. The van der Waals surface area contributed by atoms with Crippen LogP contribution >= 0.6 is 0 Å². The minimum absolute atomic E-state index is 0.150. The van der Waals surface area contributed by atoms with Gasteiger partial charge in [-0.05, 0) is 12.1 Å². The van der Waals surface area contributed by atoms with Crippen molar-refractivity contribution in [3.63, 3.8) is 0 Å². The molecule has 0 aliphatic carbocycles. The molecule has 3 rings (SSSR count). The molecule has 2 aromatic rings. The number of rotatable bonds is 4. The van der Waals surface area contributed by atoms with E-state index in [1.165, 1.54) is 0 Å². The zero-order valence-corrected chi connectivity index (χ0v) is 10.1. The number of hydrogen-bond donors (Lipinski definition) is 2. The molecule has 94 valence electrons. The van der Waals surface area contributed by atoms with Gasteiger partial charge in [-0.2, -0.15) is 0 Å². The van der Waals surface area contributed by atoms with E-state index in [0.717, 1.165) is 30.9 Å². The van der Waals surface area contributed by atoms with Crippen LogP contribution in [0, 0.1) is 5.92 Å². The normalized spacial score (nSPS) is 15.6. The molecule has 5 heteroatoms. The van der Waals surface area contributed by atoms with Gasteiger partial charge in [0.25, 0.3) is 0 Å². The molecule has 5 nitrogen and oxygen atoms in total. The van der Waals surface area contributed by atoms with Crippen LogP contribution in [0.1, 0.15) is 5.69 Å². The van der Waals surface area contributed by atoms with Gasteiger partial charge in [-0.15, -0.1) is 0 Å². The summed E-state index contributed by atoms with van der Waals surface area (Å²) in [6.45, 7) is 2.26. The molecule has 0 saturated carbocycles. The highest BCUT2D eigenvalue weighted by Gasteiger charge is 2.24. The van der Waals surface area contributed by atoms with Crippen LogP contribution in [0.3, 0.4) is 0 Å². The van der Waals surface area contributed by atoms with E-state index in [2.05, 4.69) is 15.6 Å². The lowest BCUT2D eigenvalue weighted by Gasteiger charge is -2.25. The molecule has 0 radical (unpaired) electrons. The second kappa shape index (κ2) is 4.78. The summed E-state index contributed by atoms with van der Waals surface area (Å²) in [5.41, 5.74) is 1.95. The number of hydrogen-bond acceptors (Lipinski definition) is 3. The molecule has 18 heavy (non-hydrogen) atoms. The molecular weight excluding hydrogens is 228 g/mol. The van der Waals surface area contributed by atoms with Gasteiger partial charge in [0.05, 0.1) is 11.6 Å². The molecule has 0 aromatic carbocycles. The minimum atomic E-state index is 0.150. The molecule has 0 spiro atoms. The van der Waals surface area contributed by atoms with E-state index in [0.29, 0.717) is 6.54 Å². The monoisotopic (exact) mass is 244 g/mol. The number of amides is 1. The Labute approximate surface area is 105 Å². The first-order valence-electron chi connectivity index (χ1n) is 6.24. The van der Waals surface area contributed by atoms with Crippen LogP contribution in [0.2, 0.25) is 0 Å². The lowest BCUT2D eigenvalue weighted by atomic mass is 10.0. The van der Waals surface area contributed by atoms with Crippen LogP contribution < -0.4 is 10.6 Å². The molecule has 3 heterocycles. The molecule has 1 fully saturated rings. The van der Waals surface area contributed by atoms with E-state index in [1.54, 1.807) is 0 Å². The van der Waals surface area contributed by atoms with Crippen LogP contribution in [-0.4, -0.2) is 34.9 Å². The Morgan fingerprint density at radius 3 is 3.11 bits per heavy atom. The van der Waals surface area contributed by atoms with Crippen molar-refractivity contribution >= 4 is 11.6 Å². The summed E-state index contributed by atoms with van der Waals surface area (Å²) >= 11 is 0. The van der Waals surface area contributed by atoms with Crippen molar-refractivity contribution in [1.29, 1.82) is 0 Å². The Morgan fingerprint density at radius 1 is 1.50 bits per heavy atom. The van der Waals surface area contributed by atoms with Crippen molar-refractivity contribution in [2.45, 2.75) is 6.42 Å². The first-order chi connectivity index (χ1) is 8.83. The Morgan fingerprint density at radius 2 is 2.39 bits per heavy atom. The molecule has 0 unspecified atom stereocenters. The van der Waals surface area contributed by atoms with E-state index < -0.39 is 0 Å². The summed E-state index contributed by atoms with van der Waals surface area (Å²) in [6, 6.07) is 5.92. The van der Waals surface area contributed by atoms with E-state index in [1.807, 2.05) is 35.0 Å².